The maximum absolute atomic E-state index is 11.6. The van der Waals surface area contributed by atoms with Gasteiger partial charge in [-0.3, -0.25) is 14.3 Å². The van der Waals surface area contributed by atoms with Crippen LogP contribution >= 0.6 is 7.60 Å². The largest absolute Gasteiger partial charge is 0.369 e. The van der Waals surface area contributed by atoms with Crippen LogP contribution in [-0.4, -0.2) is 42.3 Å². The fourth-order valence-corrected chi connectivity index (χ4v) is 2.11. The normalized spacial score (nSPS) is 12.2. The summed E-state index contributed by atoms with van der Waals surface area (Å²) in [6.45, 7) is 1.98. The molecule has 2 heterocycles. The summed E-state index contributed by atoms with van der Waals surface area (Å²) in [7, 11) is -4.19. The molecule has 0 aliphatic rings. The van der Waals surface area contributed by atoms with Crippen LogP contribution in [0.25, 0.3) is 11.2 Å². The Labute approximate surface area is 112 Å². The molecule has 0 aromatic carbocycles. The molecule has 20 heavy (non-hydrogen) atoms. The Morgan fingerprint density at radius 1 is 1.45 bits per heavy atom. The van der Waals surface area contributed by atoms with Gasteiger partial charge in [0.2, 0.25) is 5.95 Å². The van der Waals surface area contributed by atoms with Gasteiger partial charge in [-0.05, 0) is 6.92 Å². The van der Waals surface area contributed by atoms with Gasteiger partial charge >= 0.3 is 7.60 Å². The summed E-state index contributed by atoms with van der Waals surface area (Å²) in [6, 6.07) is 0. The summed E-state index contributed by atoms with van der Waals surface area (Å²) >= 11 is 0. The average Bonchev–Trinajstić information content (AvgIpc) is 2.61. The van der Waals surface area contributed by atoms with Crippen LogP contribution in [0.15, 0.2) is 4.79 Å². The number of nitrogens with two attached hydrogens (primary N) is 1. The van der Waals surface area contributed by atoms with Crippen molar-refractivity contribution in [3.05, 3.63) is 16.2 Å². The summed E-state index contributed by atoms with van der Waals surface area (Å²) in [5, 5.41) is 0. The Balaban J connectivity index is 2.20. The van der Waals surface area contributed by atoms with Crippen molar-refractivity contribution in [2.24, 2.45) is 0 Å². The molecule has 0 bridgehead atoms. The van der Waals surface area contributed by atoms with Gasteiger partial charge in [0.05, 0.1) is 6.61 Å². The smallest absolute Gasteiger partial charge is 0.350 e. The molecule has 0 unspecified atom stereocenters. The molecule has 110 valence electrons. The van der Waals surface area contributed by atoms with Crippen molar-refractivity contribution >= 4 is 24.7 Å². The van der Waals surface area contributed by atoms with E-state index in [1.54, 1.807) is 11.5 Å². The number of hydrogen-bond donors (Lipinski definition) is 4. The van der Waals surface area contributed by atoms with Crippen LogP contribution < -0.4 is 11.3 Å². The summed E-state index contributed by atoms with van der Waals surface area (Å²) in [4.78, 5) is 39.4. The summed E-state index contributed by atoms with van der Waals surface area (Å²) in [5.74, 6) is 0.503. The van der Waals surface area contributed by atoms with E-state index in [0.717, 1.165) is 0 Å². The Bertz CT molecular complexity index is 732. The van der Waals surface area contributed by atoms with Gasteiger partial charge in [0.15, 0.2) is 11.2 Å². The van der Waals surface area contributed by atoms with Crippen molar-refractivity contribution in [1.29, 1.82) is 0 Å². The first-order chi connectivity index (χ1) is 9.28. The number of fused-ring (bicyclic) bond motifs is 1. The molecule has 11 heteroatoms. The molecule has 2 aromatic heterocycles. The summed E-state index contributed by atoms with van der Waals surface area (Å²) in [6.07, 6.45) is -0.658. The molecule has 10 nitrogen and oxygen atoms in total. The fraction of sp³-hybridized carbons (Fsp3) is 0.444. The van der Waals surface area contributed by atoms with Gasteiger partial charge in [-0.1, -0.05) is 0 Å². The molecule has 0 amide bonds. The third kappa shape index (κ3) is 3.23. The first kappa shape index (κ1) is 14.7. The maximum atomic E-state index is 11.6. The van der Waals surface area contributed by atoms with Gasteiger partial charge in [0.1, 0.15) is 12.2 Å². The Morgan fingerprint density at radius 3 is 2.80 bits per heavy atom. The highest BCUT2D eigenvalue weighted by Crippen LogP contribution is 2.33. The molecule has 0 aliphatic heterocycles. The number of rotatable bonds is 5. The van der Waals surface area contributed by atoms with Crippen molar-refractivity contribution in [2.75, 3.05) is 18.7 Å². The van der Waals surface area contributed by atoms with Gasteiger partial charge < -0.3 is 24.8 Å². The number of aromatic nitrogens is 4. The van der Waals surface area contributed by atoms with Crippen molar-refractivity contribution in [3.8, 4) is 0 Å². The van der Waals surface area contributed by atoms with Crippen LogP contribution in [0.2, 0.25) is 0 Å². The number of hydrogen-bond acceptors (Lipinski definition) is 6. The molecule has 0 saturated heterocycles. The van der Waals surface area contributed by atoms with E-state index in [4.69, 9.17) is 20.3 Å². The number of ether oxygens (including phenoxy) is 1. The van der Waals surface area contributed by atoms with E-state index in [-0.39, 0.29) is 24.6 Å². The monoisotopic (exact) mass is 303 g/mol. The molecular weight excluding hydrogens is 289 g/mol. The third-order valence-electron chi connectivity index (χ3n) is 2.53. The van der Waals surface area contributed by atoms with Gasteiger partial charge in [-0.15, -0.1) is 0 Å². The molecule has 2 rings (SSSR count). The highest BCUT2D eigenvalue weighted by molar-refractivity contribution is 7.51. The Hall–Kier alpha value is -1.74. The van der Waals surface area contributed by atoms with E-state index >= 15 is 0 Å². The molecule has 0 atom stereocenters. The minimum Gasteiger partial charge on any atom is -0.369 e. The Morgan fingerprint density at radius 2 is 2.15 bits per heavy atom. The van der Waals surface area contributed by atoms with Crippen LogP contribution in [0.1, 0.15) is 5.82 Å². The predicted octanol–water partition coefficient (Wildman–Crippen LogP) is -0.838. The lowest BCUT2D eigenvalue weighted by atomic mass is 10.5. The molecule has 0 spiro atoms. The highest BCUT2D eigenvalue weighted by Gasteiger charge is 2.15. The number of imidazole rings is 1. The zero-order chi connectivity index (χ0) is 14.9. The van der Waals surface area contributed by atoms with Crippen molar-refractivity contribution in [3.63, 3.8) is 0 Å². The molecular formula is C9H14N5O5P. The molecule has 0 saturated carbocycles. The number of anilines is 1. The summed E-state index contributed by atoms with van der Waals surface area (Å²) in [5.41, 5.74) is 5.50. The van der Waals surface area contributed by atoms with E-state index in [2.05, 4.69) is 15.0 Å². The van der Waals surface area contributed by atoms with Crippen LogP contribution in [0.5, 0.6) is 0 Å². The molecule has 0 aliphatic carbocycles. The molecule has 0 radical (unpaired) electrons. The first-order valence-electron chi connectivity index (χ1n) is 5.63. The maximum Gasteiger partial charge on any atom is 0.350 e. The van der Waals surface area contributed by atoms with Gasteiger partial charge in [-0.25, -0.2) is 4.98 Å². The lowest BCUT2D eigenvalue weighted by Crippen LogP contribution is -2.13. The van der Waals surface area contributed by atoms with Crippen molar-refractivity contribution in [1.82, 2.24) is 19.5 Å². The van der Waals surface area contributed by atoms with Crippen LogP contribution in [0.4, 0.5) is 5.95 Å². The number of aryl methyl sites for hydroxylation is 1. The van der Waals surface area contributed by atoms with E-state index < -0.39 is 19.5 Å². The predicted molar refractivity (Wildman–Crippen MR) is 70.2 cm³/mol. The Kier molecular flexibility index (Phi) is 3.91. The number of nitrogens with one attached hydrogen (secondary N) is 1. The van der Waals surface area contributed by atoms with Gasteiger partial charge in [0, 0.05) is 6.54 Å². The minimum atomic E-state index is -4.19. The van der Waals surface area contributed by atoms with Crippen molar-refractivity contribution in [2.45, 2.75) is 13.5 Å². The zero-order valence-corrected chi connectivity index (χ0v) is 11.5. The lowest BCUT2D eigenvalue weighted by Gasteiger charge is -2.08. The zero-order valence-electron chi connectivity index (χ0n) is 10.6. The topological polar surface area (TPSA) is 156 Å². The fourth-order valence-electron chi connectivity index (χ4n) is 1.74. The van der Waals surface area contributed by atoms with Crippen molar-refractivity contribution < 1.29 is 19.1 Å². The molecule has 2 aromatic rings. The van der Waals surface area contributed by atoms with E-state index in [0.29, 0.717) is 11.5 Å². The van der Waals surface area contributed by atoms with Gasteiger partial charge in [-0.2, -0.15) is 4.98 Å². The van der Waals surface area contributed by atoms with E-state index in [1.807, 2.05) is 0 Å². The number of H-pyrrole nitrogens is 1. The second-order valence-corrected chi connectivity index (χ2v) is 5.72. The van der Waals surface area contributed by atoms with Crippen LogP contribution in [0.3, 0.4) is 0 Å². The third-order valence-corrected chi connectivity index (χ3v) is 3.05. The second-order valence-electron chi connectivity index (χ2n) is 4.14. The number of aromatic amines is 1. The number of nitrogen functional groups attached to an aromatic ring is 1. The average molecular weight is 303 g/mol. The highest BCUT2D eigenvalue weighted by atomic mass is 31.2. The van der Waals surface area contributed by atoms with Gasteiger partial charge in [0.25, 0.3) is 5.56 Å². The molecule has 0 fully saturated rings. The summed E-state index contributed by atoms with van der Waals surface area (Å²) < 4.78 is 17.1. The number of nitrogens with zero attached hydrogens (tertiary/aromatic N) is 3. The van der Waals surface area contributed by atoms with Crippen LogP contribution in [0, 0.1) is 6.92 Å². The lowest BCUT2D eigenvalue weighted by molar-refractivity contribution is 0.149. The second kappa shape index (κ2) is 5.33. The van der Waals surface area contributed by atoms with Crippen LogP contribution in [-0.2, 0) is 15.8 Å². The van der Waals surface area contributed by atoms with E-state index in [9.17, 15) is 9.36 Å². The standard InChI is InChI=1S/C9H14N5O5P/c1-5-11-6-7(12-9(10)13-8(6)15)14(5)2-3-19-4-20(16,17)18/h2-4H2,1H3,(H2,16,17,18)(H3,10,12,13,15). The van der Waals surface area contributed by atoms with E-state index in [1.165, 1.54) is 0 Å². The molecule has 5 N–H and O–H groups in total. The minimum absolute atomic E-state index is 0.0280. The first-order valence-corrected chi connectivity index (χ1v) is 7.42. The SMILES string of the molecule is Cc1nc2c(=O)[nH]c(N)nc2n1CCOCP(=O)(O)O. The quantitative estimate of drug-likeness (QED) is 0.411.